The molecule has 0 aromatic carbocycles. The quantitative estimate of drug-likeness (QED) is 0.814. The van der Waals surface area contributed by atoms with Crippen molar-refractivity contribution < 1.29 is 14.3 Å². The Kier molecular flexibility index (Phi) is 4.05. The summed E-state index contributed by atoms with van der Waals surface area (Å²) in [5.74, 6) is -0.151. The molecule has 1 unspecified atom stereocenters. The van der Waals surface area contributed by atoms with Gasteiger partial charge in [0.1, 0.15) is 11.6 Å². The minimum absolute atomic E-state index is 0.0593. The lowest BCUT2D eigenvalue weighted by atomic mass is 9.90. The van der Waals surface area contributed by atoms with E-state index in [-0.39, 0.29) is 11.8 Å². The van der Waals surface area contributed by atoms with E-state index in [4.69, 9.17) is 4.74 Å². The molecule has 0 aromatic rings. The first kappa shape index (κ1) is 15.0. The molecule has 1 heterocycles. The molecule has 0 saturated carbocycles. The smallest absolute Gasteiger partial charge is 0.248 e. The van der Waals surface area contributed by atoms with E-state index in [1.165, 1.54) is 0 Å². The second-order valence-corrected chi connectivity index (χ2v) is 5.96. The third kappa shape index (κ3) is 2.51. The maximum absolute atomic E-state index is 12.5. The number of carbonyl (C=O) groups is 2. The zero-order chi connectivity index (χ0) is 14.1. The molecular weight excluding hydrogens is 232 g/mol. The van der Waals surface area contributed by atoms with Gasteiger partial charge in [-0.05, 0) is 34.1 Å². The zero-order valence-corrected chi connectivity index (χ0v) is 12.2. The summed E-state index contributed by atoms with van der Waals surface area (Å²) in [4.78, 5) is 26.3. The van der Waals surface area contributed by atoms with Crippen LogP contribution in [0.1, 0.15) is 41.0 Å². The van der Waals surface area contributed by atoms with Gasteiger partial charge in [-0.1, -0.05) is 6.92 Å². The highest BCUT2D eigenvalue weighted by Crippen LogP contribution is 2.28. The lowest BCUT2D eigenvalue weighted by Gasteiger charge is -2.49. The fourth-order valence-electron chi connectivity index (χ4n) is 2.49. The summed E-state index contributed by atoms with van der Waals surface area (Å²) in [6, 6.07) is -0.421. The average Bonchev–Trinajstić information content (AvgIpc) is 2.21. The first-order valence-electron chi connectivity index (χ1n) is 6.32. The lowest BCUT2D eigenvalue weighted by Crippen LogP contribution is -2.72. The summed E-state index contributed by atoms with van der Waals surface area (Å²) in [7, 11) is 1.60. The third-order valence-electron chi connectivity index (χ3n) is 3.34. The summed E-state index contributed by atoms with van der Waals surface area (Å²) in [6.45, 7) is 9.62. The van der Waals surface area contributed by atoms with Gasteiger partial charge >= 0.3 is 0 Å². The van der Waals surface area contributed by atoms with E-state index in [1.54, 1.807) is 25.9 Å². The second kappa shape index (κ2) is 4.88. The van der Waals surface area contributed by atoms with Crippen molar-refractivity contribution in [1.29, 1.82) is 0 Å². The molecule has 5 heteroatoms. The molecule has 0 bridgehead atoms. The van der Waals surface area contributed by atoms with Gasteiger partial charge in [0.2, 0.25) is 11.8 Å². The Labute approximate surface area is 109 Å². The summed E-state index contributed by atoms with van der Waals surface area (Å²) in [6.07, 6.45) is 0.598. The minimum atomic E-state index is -0.853. The van der Waals surface area contributed by atoms with E-state index in [2.05, 4.69) is 5.32 Å². The minimum Gasteiger partial charge on any atom is -0.382 e. The number of nitrogens with one attached hydrogen (secondary N) is 1. The molecule has 18 heavy (non-hydrogen) atoms. The molecule has 2 amide bonds. The molecule has 0 aliphatic carbocycles. The van der Waals surface area contributed by atoms with E-state index in [0.29, 0.717) is 13.0 Å². The highest BCUT2D eigenvalue weighted by atomic mass is 16.5. The van der Waals surface area contributed by atoms with E-state index < -0.39 is 17.1 Å². The molecule has 0 spiro atoms. The Morgan fingerprint density at radius 1 is 1.39 bits per heavy atom. The van der Waals surface area contributed by atoms with Gasteiger partial charge < -0.3 is 15.0 Å². The number of nitrogens with zero attached hydrogens (tertiary/aromatic N) is 1. The molecule has 5 nitrogen and oxygen atoms in total. The molecular formula is C13H24N2O3. The first-order valence-corrected chi connectivity index (χ1v) is 6.32. The highest BCUT2D eigenvalue weighted by molar-refractivity contribution is 5.99. The van der Waals surface area contributed by atoms with Gasteiger partial charge in [0, 0.05) is 7.11 Å². The van der Waals surface area contributed by atoms with Crippen LogP contribution in [0.2, 0.25) is 0 Å². The van der Waals surface area contributed by atoms with Crippen LogP contribution in [0.25, 0.3) is 0 Å². The SMILES string of the molecule is CCC1C(=O)NC(C)(C)C(=O)N1C(C)(C)COC. The van der Waals surface area contributed by atoms with Crippen LogP contribution < -0.4 is 5.32 Å². The van der Waals surface area contributed by atoms with E-state index in [0.717, 1.165) is 0 Å². The number of hydrogen-bond donors (Lipinski definition) is 1. The van der Waals surface area contributed by atoms with E-state index >= 15 is 0 Å². The Hall–Kier alpha value is -1.10. The molecule has 104 valence electrons. The normalized spacial score (nSPS) is 24.1. The van der Waals surface area contributed by atoms with Gasteiger partial charge in [0.15, 0.2) is 0 Å². The van der Waals surface area contributed by atoms with E-state index in [9.17, 15) is 9.59 Å². The fourth-order valence-corrected chi connectivity index (χ4v) is 2.49. The van der Waals surface area contributed by atoms with Crippen LogP contribution in [0.3, 0.4) is 0 Å². The molecule has 1 aliphatic heterocycles. The fraction of sp³-hybridized carbons (Fsp3) is 0.846. The molecule has 1 aliphatic rings. The largest absolute Gasteiger partial charge is 0.382 e. The third-order valence-corrected chi connectivity index (χ3v) is 3.34. The molecule has 0 radical (unpaired) electrons. The predicted molar refractivity (Wildman–Crippen MR) is 69.1 cm³/mol. The van der Waals surface area contributed by atoms with Crippen LogP contribution in [0, 0.1) is 0 Å². The van der Waals surface area contributed by atoms with Crippen LogP contribution >= 0.6 is 0 Å². The molecule has 1 N–H and O–H groups in total. The molecule has 1 saturated heterocycles. The monoisotopic (exact) mass is 256 g/mol. The Bertz CT molecular complexity index is 350. The Balaban J connectivity index is 3.16. The topological polar surface area (TPSA) is 58.6 Å². The zero-order valence-electron chi connectivity index (χ0n) is 12.2. The van der Waals surface area contributed by atoms with Gasteiger partial charge in [0.05, 0.1) is 12.1 Å². The van der Waals surface area contributed by atoms with Gasteiger partial charge in [-0.2, -0.15) is 0 Å². The predicted octanol–water partition coefficient (Wildman–Crippen LogP) is 0.927. The van der Waals surface area contributed by atoms with Crippen LogP contribution in [0.5, 0.6) is 0 Å². The van der Waals surface area contributed by atoms with Crippen molar-refractivity contribution in [2.24, 2.45) is 0 Å². The number of ether oxygens (including phenoxy) is 1. The highest BCUT2D eigenvalue weighted by Gasteiger charge is 2.49. The van der Waals surface area contributed by atoms with Crippen molar-refractivity contribution in [1.82, 2.24) is 10.2 Å². The second-order valence-electron chi connectivity index (χ2n) is 5.96. The van der Waals surface area contributed by atoms with Crippen molar-refractivity contribution in [2.45, 2.75) is 58.2 Å². The summed E-state index contributed by atoms with van der Waals surface area (Å²) < 4.78 is 5.18. The van der Waals surface area contributed by atoms with Crippen LogP contribution in [0.15, 0.2) is 0 Å². The summed E-state index contributed by atoms with van der Waals surface area (Å²) in [5.41, 5.74) is -1.35. The Morgan fingerprint density at radius 3 is 2.39 bits per heavy atom. The van der Waals surface area contributed by atoms with E-state index in [1.807, 2.05) is 20.8 Å². The van der Waals surface area contributed by atoms with Crippen molar-refractivity contribution in [3.8, 4) is 0 Å². The lowest BCUT2D eigenvalue weighted by molar-refractivity contribution is -0.162. The number of methoxy groups -OCH3 is 1. The maximum Gasteiger partial charge on any atom is 0.248 e. The number of hydrogen-bond acceptors (Lipinski definition) is 3. The summed E-state index contributed by atoms with van der Waals surface area (Å²) >= 11 is 0. The van der Waals surface area contributed by atoms with Crippen molar-refractivity contribution in [3.63, 3.8) is 0 Å². The number of amides is 2. The van der Waals surface area contributed by atoms with Crippen molar-refractivity contribution >= 4 is 11.8 Å². The maximum atomic E-state index is 12.5. The van der Waals surface area contributed by atoms with Gasteiger partial charge in [0.25, 0.3) is 0 Å². The molecule has 1 atom stereocenters. The van der Waals surface area contributed by atoms with Crippen molar-refractivity contribution in [2.75, 3.05) is 13.7 Å². The average molecular weight is 256 g/mol. The first-order chi connectivity index (χ1) is 8.17. The summed E-state index contributed by atoms with van der Waals surface area (Å²) in [5, 5.41) is 2.78. The number of rotatable bonds is 4. The van der Waals surface area contributed by atoms with Gasteiger partial charge in [-0.15, -0.1) is 0 Å². The van der Waals surface area contributed by atoms with Crippen molar-refractivity contribution in [3.05, 3.63) is 0 Å². The van der Waals surface area contributed by atoms with Crippen LogP contribution in [-0.2, 0) is 14.3 Å². The molecule has 0 aromatic heterocycles. The number of piperazine rings is 1. The van der Waals surface area contributed by atoms with Gasteiger partial charge in [-0.3, -0.25) is 9.59 Å². The number of carbonyl (C=O) groups excluding carboxylic acids is 2. The molecule has 1 rings (SSSR count). The Morgan fingerprint density at radius 2 is 1.94 bits per heavy atom. The molecule has 1 fully saturated rings. The van der Waals surface area contributed by atoms with Gasteiger partial charge in [-0.25, -0.2) is 0 Å². The standard InChI is InChI=1S/C13H24N2O3/c1-7-9-10(16)14-13(4,5)11(17)15(9)12(2,3)8-18-6/h9H,7-8H2,1-6H3,(H,14,16). The van der Waals surface area contributed by atoms with Crippen LogP contribution in [-0.4, -0.2) is 47.6 Å². The van der Waals surface area contributed by atoms with Crippen LogP contribution in [0.4, 0.5) is 0 Å².